The van der Waals surface area contributed by atoms with E-state index in [1.807, 2.05) is 25.1 Å². The number of carboxylic acids is 1. The fourth-order valence-corrected chi connectivity index (χ4v) is 2.23. The summed E-state index contributed by atoms with van der Waals surface area (Å²) < 4.78 is 0. The van der Waals surface area contributed by atoms with Gasteiger partial charge in [-0.25, -0.2) is 0 Å². The molecular formula is C13H18N2O3S. The zero-order valence-electron chi connectivity index (χ0n) is 10.8. The Morgan fingerprint density at radius 2 is 2.16 bits per heavy atom. The zero-order chi connectivity index (χ0) is 14.3. The van der Waals surface area contributed by atoms with E-state index in [0.29, 0.717) is 18.7 Å². The molecule has 0 spiro atoms. The summed E-state index contributed by atoms with van der Waals surface area (Å²) in [5, 5.41) is 11.1. The number of hydrogen-bond acceptors (Lipinski definition) is 4. The lowest BCUT2D eigenvalue weighted by molar-refractivity contribution is -0.137. The average Bonchev–Trinajstić information content (AvgIpc) is 2.36. The van der Waals surface area contributed by atoms with Crippen molar-refractivity contribution in [2.75, 3.05) is 18.0 Å². The smallest absolute Gasteiger partial charge is 0.303 e. The Labute approximate surface area is 116 Å². The van der Waals surface area contributed by atoms with Crippen LogP contribution >= 0.6 is 11.8 Å². The molecule has 5 nitrogen and oxygen atoms in total. The van der Waals surface area contributed by atoms with Crippen LogP contribution in [-0.2, 0) is 9.59 Å². The highest BCUT2D eigenvalue weighted by Gasteiger charge is 2.04. The first-order valence-electron chi connectivity index (χ1n) is 5.96. The maximum absolute atomic E-state index is 11.5. The van der Waals surface area contributed by atoms with Gasteiger partial charge in [0, 0.05) is 23.5 Å². The van der Waals surface area contributed by atoms with Crippen molar-refractivity contribution in [3.8, 4) is 0 Å². The number of carboxylic acid groups (broad SMARTS) is 1. The number of rotatable bonds is 7. The number of anilines is 1. The lowest BCUT2D eigenvalue weighted by Gasteiger charge is -2.06. The van der Waals surface area contributed by atoms with Gasteiger partial charge in [0.05, 0.1) is 5.75 Å². The third kappa shape index (κ3) is 6.15. The Bertz CT molecular complexity index is 463. The van der Waals surface area contributed by atoms with Gasteiger partial charge in [-0.2, -0.15) is 0 Å². The summed E-state index contributed by atoms with van der Waals surface area (Å²) in [4.78, 5) is 22.8. The lowest BCUT2D eigenvalue weighted by atomic mass is 10.2. The summed E-state index contributed by atoms with van der Waals surface area (Å²) in [5.41, 5.74) is 7.44. The summed E-state index contributed by atoms with van der Waals surface area (Å²) in [6.07, 6.45) is 0.525. The van der Waals surface area contributed by atoms with E-state index >= 15 is 0 Å². The largest absolute Gasteiger partial charge is 0.481 e. The monoisotopic (exact) mass is 282 g/mol. The molecule has 0 fully saturated rings. The van der Waals surface area contributed by atoms with Crippen molar-refractivity contribution in [1.82, 2.24) is 5.32 Å². The molecule has 6 heteroatoms. The van der Waals surface area contributed by atoms with Crippen molar-refractivity contribution in [3.05, 3.63) is 23.8 Å². The predicted molar refractivity (Wildman–Crippen MR) is 76.2 cm³/mol. The van der Waals surface area contributed by atoms with Gasteiger partial charge in [0.2, 0.25) is 5.91 Å². The molecule has 1 aromatic carbocycles. The van der Waals surface area contributed by atoms with Crippen molar-refractivity contribution in [1.29, 1.82) is 0 Å². The molecule has 0 unspecified atom stereocenters. The number of benzene rings is 1. The number of nitrogen functional groups attached to an aromatic ring is 1. The standard InChI is InChI=1S/C13H18N2O3S/c1-9-7-10(4-5-11(9)14)19-8-12(16)15-6-2-3-13(17)18/h4-5,7H,2-3,6,8,14H2,1H3,(H,15,16)(H,17,18). The van der Waals surface area contributed by atoms with E-state index in [2.05, 4.69) is 5.32 Å². The zero-order valence-corrected chi connectivity index (χ0v) is 11.6. The van der Waals surface area contributed by atoms with Crippen molar-refractivity contribution >= 4 is 29.3 Å². The van der Waals surface area contributed by atoms with E-state index in [-0.39, 0.29) is 12.3 Å². The molecule has 0 radical (unpaired) electrons. The third-order valence-electron chi connectivity index (χ3n) is 2.50. The van der Waals surface area contributed by atoms with Gasteiger partial charge in [0.15, 0.2) is 0 Å². The van der Waals surface area contributed by atoms with E-state index < -0.39 is 5.97 Å². The summed E-state index contributed by atoms with van der Waals surface area (Å²) in [7, 11) is 0. The van der Waals surface area contributed by atoms with Crippen molar-refractivity contribution in [2.24, 2.45) is 0 Å². The number of carbonyl (C=O) groups excluding carboxylic acids is 1. The van der Waals surface area contributed by atoms with Crippen molar-refractivity contribution < 1.29 is 14.7 Å². The molecule has 104 valence electrons. The minimum absolute atomic E-state index is 0.0740. The second-order valence-electron chi connectivity index (χ2n) is 4.15. The Kier molecular flexibility index (Phi) is 6.21. The van der Waals surface area contributed by atoms with Gasteiger partial charge >= 0.3 is 5.97 Å². The molecule has 4 N–H and O–H groups in total. The fraction of sp³-hybridized carbons (Fsp3) is 0.385. The Balaban J connectivity index is 2.26. The van der Waals surface area contributed by atoms with E-state index in [4.69, 9.17) is 10.8 Å². The number of nitrogens with two attached hydrogens (primary N) is 1. The van der Waals surface area contributed by atoms with E-state index in [1.54, 1.807) is 0 Å². The Hall–Kier alpha value is -1.69. The van der Waals surface area contributed by atoms with Gasteiger partial charge in [-0.15, -0.1) is 11.8 Å². The van der Waals surface area contributed by atoms with Crippen LogP contribution in [0.15, 0.2) is 23.1 Å². The first-order valence-corrected chi connectivity index (χ1v) is 6.95. The minimum Gasteiger partial charge on any atom is -0.481 e. The Morgan fingerprint density at radius 3 is 2.79 bits per heavy atom. The molecule has 0 bridgehead atoms. The highest BCUT2D eigenvalue weighted by Crippen LogP contribution is 2.22. The van der Waals surface area contributed by atoms with Crippen molar-refractivity contribution in [3.63, 3.8) is 0 Å². The van der Waals surface area contributed by atoms with Crippen LogP contribution in [0.3, 0.4) is 0 Å². The highest BCUT2D eigenvalue weighted by atomic mass is 32.2. The SMILES string of the molecule is Cc1cc(SCC(=O)NCCCC(=O)O)ccc1N. The summed E-state index contributed by atoms with van der Waals surface area (Å²) in [6.45, 7) is 2.32. The number of amides is 1. The molecule has 0 atom stereocenters. The molecule has 0 saturated carbocycles. The van der Waals surface area contributed by atoms with Crippen LogP contribution in [0.1, 0.15) is 18.4 Å². The second kappa shape index (κ2) is 7.68. The number of nitrogens with one attached hydrogen (secondary N) is 1. The van der Waals surface area contributed by atoms with Gasteiger partial charge in [0.25, 0.3) is 0 Å². The number of carbonyl (C=O) groups is 2. The number of hydrogen-bond donors (Lipinski definition) is 3. The van der Waals surface area contributed by atoms with Crippen LogP contribution < -0.4 is 11.1 Å². The van der Waals surface area contributed by atoms with Crippen LogP contribution in [0.2, 0.25) is 0 Å². The van der Waals surface area contributed by atoms with Gasteiger partial charge in [-0.1, -0.05) is 0 Å². The molecule has 1 aromatic rings. The molecule has 0 aromatic heterocycles. The van der Waals surface area contributed by atoms with Gasteiger partial charge in [-0.3, -0.25) is 9.59 Å². The summed E-state index contributed by atoms with van der Waals surface area (Å²) in [6, 6.07) is 5.64. The van der Waals surface area contributed by atoms with Crippen LogP contribution in [0, 0.1) is 6.92 Å². The first kappa shape index (κ1) is 15.4. The van der Waals surface area contributed by atoms with Crippen LogP contribution in [0.5, 0.6) is 0 Å². The van der Waals surface area contributed by atoms with Crippen LogP contribution in [0.25, 0.3) is 0 Å². The molecule has 0 saturated heterocycles. The molecule has 0 aliphatic carbocycles. The summed E-state index contributed by atoms with van der Waals surface area (Å²) >= 11 is 1.43. The number of aryl methyl sites for hydroxylation is 1. The number of aliphatic carboxylic acids is 1. The lowest BCUT2D eigenvalue weighted by Crippen LogP contribution is -2.26. The number of thioether (sulfide) groups is 1. The molecule has 1 amide bonds. The maximum atomic E-state index is 11.5. The molecule has 0 aliphatic rings. The van der Waals surface area contributed by atoms with Gasteiger partial charge in [-0.05, 0) is 37.1 Å². The molecular weight excluding hydrogens is 264 g/mol. The molecule has 1 rings (SSSR count). The molecule has 0 aliphatic heterocycles. The average molecular weight is 282 g/mol. The maximum Gasteiger partial charge on any atom is 0.303 e. The minimum atomic E-state index is -0.846. The van der Waals surface area contributed by atoms with Gasteiger partial charge < -0.3 is 16.2 Å². The van der Waals surface area contributed by atoms with Gasteiger partial charge in [0.1, 0.15) is 0 Å². The summed E-state index contributed by atoms with van der Waals surface area (Å²) in [5.74, 6) is -0.623. The van der Waals surface area contributed by atoms with E-state index in [9.17, 15) is 9.59 Å². The normalized spacial score (nSPS) is 10.2. The third-order valence-corrected chi connectivity index (χ3v) is 3.49. The first-order chi connectivity index (χ1) is 8.99. The van der Waals surface area contributed by atoms with Crippen LogP contribution in [0.4, 0.5) is 5.69 Å². The molecule has 19 heavy (non-hydrogen) atoms. The topological polar surface area (TPSA) is 92.4 Å². The quantitative estimate of drug-likeness (QED) is 0.402. The predicted octanol–water partition coefficient (Wildman–Crippen LogP) is 1.65. The highest BCUT2D eigenvalue weighted by molar-refractivity contribution is 8.00. The fourth-order valence-electron chi connectivity index (χ4n) is 1.41. The second-order valence-corrected chi connectivity index (χ2v) is 5.20. The van der Waals surface area contributed by atoms with Crippen molar-refractivity contribution in [2.45, 2.75) is 24.7 Å². The van der Waals surface area contributed by atoms with E-state index in [1.165, 1.54) is 11.8 Å². The molecule has 0 heterocycles. The van der Waals surface area contributed by atoms with E-state index in [0.717, 1.165) is 16.1 Å². The van der Waals surface area contributed by atoms with Crippen LogP contribution in [-0.4, -0.2) is 29.3 Å². The Morgan fingerprint density at radius 1 is 1.42 bits per heavy atom.